The van der Waals surface area contributed by atoms with Gasteiger partial charge in [-0.1, -0.05) is 24.3 Å². The number of carbonyl (C=O) groups is 3. The van der Waals surface area contributed by atoms with Crippen LogP contribution in [0.15, 0.2) is 41.7 Å². The van der Waals surface area contributed by atoms with E-state index in [0.717, 1.165) is 43.0 Å². The molecule has 9 N–H and O–H groups in total. The van der Waals surface area contributed by atoms with Crippen molar-refractivity contribution < 1.29 is 39.5 Å². The van der Waals surface area contributed by atoms with Crippen LogP contribution in [-0.4, -0.2) is 92.8 Å². The minimum absolute atomic E-state index is 0.256. The Labute approximate surface area is 217 Å². The van der Waals surface area contributed by atoms with Gasteiger partial charge in [0.05, 0.1) is 13.2 Å². The van der Waals surface area contributed by atoms with Gasteiger partial charge in [-0.2, -0.15) is 4.99 Å². The number of rotatable bonds is 9. The zero-order valence-electron chi connectivity index (χ0n) is 20.4. The van der Waals surface area contributed by atoms with E-state index in [1.54, 1.807) is 0 Å². The number of nitrogens with two attached hydrogens (primary N) is 2. The molecule has 1 aromatic heterocycles. The number of hydrogen-bond donors (Lipinski definition) is 7. The van der Waals surface area contributed by atoms with E-state index in [2.05, 4.69) is 37.3 Å². The van der Waals surface area contributed by atoms with Gasteiger partial charge >= 0.3 is 18.0 Å². The van der Waals surface area contributed by atoms with Gasteiger partial charge in [0, 0.05) is 32.0 Å². The van der Waals surface area contributed by atoms with Crippen LogP contribution in [0.1, 0.15) is 16.7 Å². The van der Waals surface area contributed by atoms with Crippen LogP contribution >= 0.6 is 0 Å². The maximum atomic E-state index is 11.5. The molecule has 2 heterocycles. The highest BCUT2D eigenvalue weighted by Crippen LogP contribution is 2.12. The largest absolute Gasteiger partial charge is 0.479 e. The molecular formula is C23H31N7O8. The predicted molar refractivity (Wildman–Crippen MR) is 134 cm³/mol. The van der Waals surface area contributed by atoms with Crippen LogP contribution in [0, 0.1) is 0 Å². The van der Waals surface area contributed by atoms with Crippen LogP contribution in [0.3, 0.4) is 0 Å². The second-order valence-electron chi connectivity index (χ2n) is 8.07. The summed E-state index contributed by atoms with van der Waals surface area (Å²) in [6.07, 6.45) is 0.937. The number of ether oxygens (including phenoxy) is 1. The molecule has 0 spiro atoms. The van der Waals surface area contributed by atoms with Crippen molar-refractivity contribution >= 4 is 29.9 Å². The van der Waals surface area contributed by atoms with Crippen LogP contribution in [0.25, 0.3) is 0 Å². The lowest BCUT2D eigenvalue weighted by atomic mass is 10.0. The van der Waals surface area contributed by atoms with Gasteiger partial charge in [0.2, 0.25) is 5.95 Å². The van der Waals surface area contributed by atoms with Gasteiger partial charge in [-0.05, 0) is 29.5 Å². The van der Waals surface area contributed by atoms with Gasteiger partial charge < -0.3 is 46.8 Å². The molecule has 15 heteroatoms. The number of nitrogens with one attached hydrogen (secondary N) is 1. The first-order valence-corrected chi connectivity index (χ1v) is 11.5. The fraction of sp³-hybridized carbons (Fsp3) is 0.391. The molecule has 15 nitrogen and oxygen atoms in total. The highest BCUT2D eigenvalue weighted by Gasteiger charge is 2.29. The van der Waals surface area contributed by atoms with E-state index in [9.17, 15) is 14.4 Å². The molecule has 0 unspecified atom stereocenters. The number of aliphatic hydroxyl groups excluding tert-OH is 2. The number of nitrogens with zero attached hydrogens (tertiary/aromatic N) is 4. The van der Waals surface area contributed by atoms with Gasteiger partial charge in [0.1, 0.15) is 0 Å². The maximum absolute atomic E-state index is 11.5. The molecule has 2 amide bonds. The third-order valence-corrected chi connectivity index (χ3v) is 5.16. The molecule has 0 bridgehead atoms. The number of aryl methyl sites for hydroxylation is 2. The van der Waals surface area contributed by atoms with Crippen LogP contribution in [0.5, 0.6) is 0 Å². The first kappa shape index (κ1) is 29.9. The zero-order chi connectivity index (χ0) is 28.1. The summed E-state index contributed by atoms with van der Waals surface area (Å²) >= 11 is 0. The van der Waals surface area contributed by atoms with Crippen molar-refractivity contribution in [3.05, 3.63) is 53.3 Å². The number of aliphatic imine (C=N–C) groups is 1. The number of amides is 2. The lowest BCUT2D eigenvalue weighted by Gasteiger charge is -2.26. The average Bonchev–Trinajstić information content (AvgIpc) is 2.91. The summed E-state index contributed by atoms with van der Waals surface area (Å²) in [5, 5.41) is 35.2. The number of guanidine groups is 1. The van der Waals surface area contributed by atoms with Crippen LogP contribution in [0.2, 0.25) is 0 Å². The fourth-order valence-electron chi connectivity index (χ4n) is 3.19. The van der Waals surface area contributed by atoms with Gasteiger partial charge in [-0.3, -0.25) is 0 Å². The topological polar surface area (TPSA) is 247 Å². The number of aliphatic hydroxyl groups is 2. The average molecular weight is 534 g/mol. The molecule has 3 rings (SSSR count). The molecule has 206 valence electrons. The van der Waals surface area contributed by atoms with Crippen molar-refractivity contribution in [2.75, 3.05) is 31.2 Å². The summed E-state index contributed by atoms with van der Waals surface area (Å²) in [4.78, 5) is 45.6. The number of morpholine rings is 1. The van der Waals surface area contributed by atoms with Crippen LogP contribution < -0.4 is 21.7 Å². The maximum Gasteiger partial charge on any atom is 0.344 e. The molecule has 1 aromatic carbocycles. The summed E-state index contributed by atoms with van der Waals surface area (Å²) < 4.78 is 5.35. The standard InChI is InChI=1S/C19H25N7O2.C4H6O6/c20-17(21)25-19(27)24-11-15-3-1-2-14(10-15)4-5-16-12-22-18(23-13-16)26-6-8-28-9-7-26;5-1(3(7)8)2(6)4(9)10/h1-3,10,12-13H,4-9,11H2,(H5,20,21,24,25,27);1-2,5-6H,(H,7,8)(H,9,10)/t;1-,2-/m.1/s1. The minimum atomic E-state index is -2.27. The summed E-state index contributed by atoms with van der Waals surface area (Å²) in [5.41, 5.74) is 13.6. The molecule has 2 aromatic rings. The summed E-state index contributed by atoms with van der Waals surface area (Å²) in [5.74, 6) is -3.04. The Kier molecular flexibility index (Phi) is 11.8. The number of aliphatic carboxylic acids is 2. The van der Waals surface area contributed by atoms with E-state index in [1.807, 2.05) is 24.5 Å². The number of carbonyl (C=O) groups excluding carboxylic acids is 1. The summed E-state index contributed by atoms with van der Waals surface area (Å²) in [7, 11) is 0. The Morgan fingerprint density at radius 3 is 2.08 bits per heavy atom. The van der Waals surface area contributed by atoms with E-state index in [0.29, 0.717) is 19.8 Å². The number of carboxylic acid groups (broad SMARTS) is 2. The van der Waals surface area contributed by atoms with Gasteiger partial charge in [-0.15, -0.1) is 0 Å². The van der Waals surface area contributed by atoms with Crippen LogP contribution in [0.4, 0.5) is 10.7 Å². The van der Waals surface area contributed by atoms with Gasteiger partial charge in [0.25, 0.3) is 0 Å². The van der Waals surface area contributed by atoms with E-state index < -0.39 is 30.2 Å². The molecule has 0 saturated carbocycles. The highest BCUT2D eigenvalue weighted by atomic mass is 16.5. The Morgan fingerprint density at radius 1 is 0.974 bits per heavy atom. The van der Waals surface area contributed by atoms with E-state index in [1.165, 1.54) is 5.56 Å². The smallest absolute Gasteiger partial charge is 0.344 e. The first-order chi connectivity index (χ1) is 18.1. The third kappa shape index (κ3) is 10.3. The van der Waals surface area contributed by atoms with E-state index in [4.69, 9.17) is 36.6 Å². The summed E-state index contributed by atoms with van der Waals surface area (Å²) in [6.45, 7) is 3.44. The van der Waals surface area contributed by atoms with E-state index in [-0.39, 0.29) is 5.96 Å². The molecule has 2 atom stereocenters. The van der Waals surface area contributed by atoms with Crippen molar-refractivity contribution in [3.8, 4) is 0 Å². The number of benzene rings is 1. The SMILES string of the molecule is NC(N)=NC(=O)NCc1cccc(CCc2cnc(N3CCOCC3)nc2)c1.O=C(O)[C@H](O)[C@@H](O)C(=O)O. The fourth-order valence-corrected chi connectivity index (χ4v) is 3.19. The quantitative estimate of drug-likeness (QED) is 0.143. The molecule has 38 heavy (non-hydrogen) atoms. The van der Waals surface area contributed by atoms with Crippen molar-refractivity contribution in [3.63, 3.8) is 0 Å². The first-order valence-electron chi connectivity index (χ1n) is 11.5. The normalized spacial score (nSPS) is 14.3. The second kappa shape index (κ2) is 15.0. The number of carboxylic acids is 2. The molecule has 0 radical (unpaired) electrons. The highest BCUT2D eigenvalue weighted by molar-refractivity contribution is 5.90. The molecule has 1 saturated heterocycles. The zero-order valence-corrected chi connectivity index (χ0v) is 20.4. The number of urea groups is 1. The van der Waals surface area contributed by atoms with Crippen molar-refractivity contribution in [1.29, 1.82) is 0 Å². The summed E-state index contributed by atoms with van der Waals surface area (Å²) in [6, 6.07) is 7.47. The monoisotopic (exact) mass is 533 g/mol. The van der Waals surface area contributed by atoms with Crippen LogP contribution in [-0.2, 0) is 33.7 Å². The van der Waals surface area contributed by atoms with Crippen molar-refractivity contribution in [2.45, 2.75) is 31.6 Å². The van der Waals surface area contributed by atoms with Gasteiger partial charge in [0.15, 0.2) is 18.2 Å². The molecule has 0 aliphatic carbocycles. The molecule has 1 aliphatic heterocycles. The minimum Gasteiger partial charge on any atom is -0.479 e. The molecule has 1 fully saturated rings. The molecular weight excluding hydrogens is 502 g/mol. The Morgan fingerprint density at radius 2 is 1.53 bits per heavy atom. The lowest BCUT2D eigenvalue weighted by Crippen LogP contribution is -2.39. The third-order valence-electron chi connectivity index (χ3n) is 5.16. The Hall–Kier alpha value is -4.34. The number of anilines is 1. The van der Waals surface area contributed by atoms with Crippen molar-refractivity contribution in [2.24, 2.45) is 16.5 Å². The number of hydrogen-bond acceptors (Lipinski definition) is 9. The Bertz CT molecular complexity index is 1090. The number of aromatic nitrogens is 2. The Balaban J connectivity index is 0.000000432. The van der Waals surface area contributed by atoms with E-state index >= 15 is 0 Å². The molecule has 1 aliphatic rings. The predicted octanol–water partition coefficient (Wildman–Crippen LogP) is -1.54. The van der Waals surface area contributed by atoms with Crippen molar-refractivity contribution in [1.82, 2.24) is 15.3 Å². The van der Waals surface area contributed by atoms with Gasteiger partial charge in [-0.25, -0.2) is 24.4 Å². The second-order valence-corrected chi connectivity index (χ2v) is 8.07. The lowest BCUT2D eigenvalue weighted by molar-refractivity contribution is -0.165.